The number of allylic oxidation sites excluding steroid dienone is 4. The molecule has 5 atom stereocenters. The first-order valence-electron chi connectivity index (χ1n) is 12.4. The maximum absolute atomic E-state index is 14.7. The molecule has 4 aliphatic carbocycles. The zero-order valence-corrected chi connectivity index (χ0v) is 21.4. The van der Waals surface area contributed by atoms with Gasteiger partial charge in [0, 0.05) is 24.0 Å². The number of sulfone groups is 1. The van der Waals surface area contributed by atoms with Crippen molar-refractivity contribution in [1.29, 1.82) is 0 Å². The summed E-state index contributed by atoms with van der Waals surface area (Å²) in [5.74, 6) is -6.45. The molecule has 2 fully saturated rings. The lowest BCUT2D eigenvalue weighted by Gasteiger charge is -2.53. The summed E-state index contributed by atoms with van der Waals surface area (Å²) in [7, 11) is -3.41. The summed E-state index contributed by atoms with van der Waals surface area (Å²) in [6.45, 7) is 1.38. The van der Waals surface area contributed by atoms with E-state index in [1.54, 1.807) is 18.2 Å². The van der Waals surface area contributed by atoms with Crippen LogP contribution in [-0.2, 0) is 14.6 Å². The molecule has 0 aromatic heterocycles. The van der Waals surface area contributed by atoms with Crippen LogP contribution in [0.4, 0.5) is 22.0 Å². The lowest BCUT2D eigenvalue weighted by atomic mass is 9.53. The van der Waals surface area contributed by atoms with Gasteiger partial charge < -0.3 is 5.11 Å². The lowest BCUT2D eigenvalue weighted by Crippen LogP contribution is -2.64. The Morgan fingerprint density at radius 3 is 2.24 bits per heavy atom. The van der Waals surface area contributed by atoms with Gasteiger partial charge in [0.2, 0.25) is 0 Å². The van der Waals surface area contributed by atoms with Crippen molar-refractivity contribution in [2.24, 2.45) is 17.3 Å². The van der Waals surface area contributed by atoms with Gasteiger partial charge in [0.1, 0.15) is 5.60 Å². The Bertz CT molecular complexity index is 1310. The molecule has 0 spiro atoms. The van der Waals surface area contributed by atoms with Crippen LogP contribution in [-0.4, -0.2) is 43.3 Å². The first-order chi connectivity index (χ1) is 17.0. The molecule has 0 aliphatic heterocycles. The molecule has 4 nitrogen and oxygen atoms in total. The Balaban J connectivity index is 1.57. The fourth-order valence-electron chi connectivity index (χ4n) is 7.63. The molecule has 1 N–H and O–H groups in total. The van der Waals surface area contributed by atoms with Crippen LogP contribution in [0.1, 0.15) is 63.4 Å². The van der Waals surface area contributed by atoms with E-state index in [-0.39, 0.29) is 48.2 Å². The van der Waals surface area contributed by atoms with Crippen LogP contribution >= 0.6 is 0 Å². The van der Waals surface area contributed by atoms with E-state index in [1.165, 1.54) is 19.1 Å². The second-order valence-corrected chi connectivity index (χ2v) is 13.3. The minimum absolute atomic E-state index is 0.0177. The van der Waals surface area contributed by atoms with Gasteiger partial charge in [0.05, 0.1) is 4.90 Å². The smallest absolute Gasteiger partial charge is 0.383 e. The van der Waals surface area contributed by atoms with Gasteiger partial charge in [-0.25, -0.2) is 8.42 Å². The molecule has 1 aromatic rings. The first kappa shape index (κ1) is 26.5. The number of carbonyl (C=O) groups excluding carboxylic acids is 1. The molecule has 0 bridgehead atoms. The highest BCUT2D eigenvalue weighted by molar-refractivity contribution is 7.90. The molecular weight excluding hydrogens is 515 g/mol. The standard InChI is InChI=1S/C27H29F5O4S/c1-24-11-9-20-19(22(24)10-12-25(24,34)26(28,29)27(30,31)32)8-5-16-13-17(33)14-21(23(16)20)15-3-6-18(7-4-15)37(2,35)36/h3-4,6-7,13,19,21-22,34H,5,8-12,14H2,1-2H3/t19-,21?,22+,24+,25+/m1/s1. The van der Waals surface area contributed by atoms with Gasteiger partial charge >= 0.3 is 12.1 Å². The minimum Gasteiger partial charge on any atom is -0.383 e. The Morgan fingerprint density at radius 1 is 1.00 bits per heavy atom. The largest absolute Gasteiger partial charge is 0.456 e. The Morgan fingerprint density at radius 2 is 1.65 bits per heavy atom. The number of carbonyl (C=O) groups is 1. The lowest BCUT2D eigenvalue weighted by molar-refractivity contribution is -0.362. The van der Waals surface area contributed by atoms with Crippen molar-refractivity contribution in [2.75, 3.05) is 6.26 Å². The number of hydrogen-bond donors (Lipinski definition) is 1. The van der Waals surface area contributed by atoms with Gasteiger partial charge in [-0.2, -0.15) is 22.0 Å². The minimum atomic E-state index is -5.85. The summed E-state index contributed by atoms with van der Waals surface area (Å²) in [6.07, 6.45) is -2.28. The number of fused-ring (bicyclic) bond motifs is 4. The van der Waals surface area contributed by atoms with Gasteiger partial charge in [-0.15, -0.1) is 0 Å². The third-order valence-corrected chi connectivity index (χ3v) is 10.6. The Kier molecular flexibility index (Phi) is 5.89. The second kappa shape index (κ2) is 8.21. The molecule has 4 aliphatic rings. The molecule has 37 heavy (non-hydrogen) atoms. The van der Waals surface area contributed by atoms with Crippen molar-refractivity contribution >= 4 is 15.6 Å². The Hall–Kier alpha value is -2.07. The van der Waals surface area contributed by atoms with E-state index < -0.39 is 45.3 Å². The van der Waals surface area contributed by atoms with Crippen molar-refractivity contribution in [2.45, 2.75) is 80.4 Å². The average molecular weight is 545 g/mol. The molecular formula is C27H29F5O4S. The van der Waals surface area contributed by atoms with Crippen LogP contribution in [0.25, 0.3) is 0 Å². The summed E-state index contributed by atoms with van der Waals surface area (Å²) in [5.41, 5.74) is -1.27. The molecule has 0 heterocycles. The van der Waals surface area contributed by atoms with Crippen molar-refractivity contribution in [1.82, 2.24) is 0 Å². The van der Waals surface area contributed by atoms with E-state index in [4.69, 9.17) is 0 Å². The molecule has 202 valence electrons. The fraction of sp³-hybridized carbons (Fsp3) is 0.593. The van der Waals surface area contributed by atoms with Crippen molar-refractivity contribution in [3.8, 4) is 0 Å². The van der Waals surface area contributed by atoms with Crippen LogP contribution in [0, 0.1) is 17.3 Å². The molecule has 2 saturated carbocycles. The third-order valence-electron chi connectivity index (χ3n) is 9.52. The maximum atomic E-state index is 14.7. The zero-order chi connectivity index (χ0) is 27.2. The van der Waals surface area contributed by atoms with E-state index in [0.29, 0.717) is 12.8 Å². The normalized spacial score (nSPS) is 34.5. The predicted molar refractivity (Wildman–Crippen MR) is 126 cm³/mol. The van der Waals surface area contributed by atoms with E-state index in [0.717, 1.165) is 28.5 Å². The van der Waals surface area contributed by atoms with Crippen LogP contribution < -0.4 is 0 Å². The molecule has 10 heteroatoms. The zero-order valence-electron chi connectivity index (χ0n) is 20.5. The molecule has 5 rings (SSSR count). The highest BCUT2D eigenvalue weighted by Crippen LogP contribution is 2.68. The molecule has 1 aromatic carbocycles. The van der Waals surface area contributed by atoms with E-state index in [9.17, 15) is 40.3 Å². The summed E-state index contributed by atoms with van der Waals surface area (Å²) >= 11 is 0. The molecule has 0 amide bonds. The van der Waals surface area contributed by atoms with Gasteiger partial charge in [-0.1, -0.05) is 24.6 Å². The van der Waals surface area contributed by atoms with Gasteiger partial charge in [0.25, 0.3) is 0 Å². The summed E-state index contributed by atoms with van der Waals surface area (Å²) in [5, 5.41) is 11.0. The Labute approximate surface area is 212 Å². The van der Waals surface area contributed by atoms with Crippen LogP contribution in [0.3, 0.4) is 0 Å². The predicted octanol–water partition coefficient (Wildman–Crippen LogP) is 5.92. The molecule has 1 unspecified atom stereocenters. The summed E-state index contributed by atoms with van der Waals surface area (Å²) in [6, 6.07) is 6.35. The van der Waals surface area contributed by atoms with Crippen LogP contribution in [0.2, 0.25) is 0 Å². The van der Waals surface area contributed by atoms with Crippen molar-refractivity contribution in [3.05, 3.63) is 52.6 Å². The highest BCUT2D eigenvalue weighted by atomic mass is 32.2. The maximum Gasteiger partial charge on any atom is 0.456 e. The quantitative estimate of drug-likeness (QED) is 0.480. The number of benzene rings is 1. The third kappa shape index (κ3) is 3.76. The van der Waals surface area contributed by atoms with Crippen LogP contribution in [0.5, 0.6) is 0 Å². The SMILES string of the molecule is C[C@]12CCC3=C4C(=CC(=O)CC4c4ccc(S(C)(=O)=O)cc4)CC[C@H]3[C@@H]1CC[C@@]2(O)C(F)(F)C(F)(F)F. The van der Waals surface area contributed by atoms with Crippen LogP contribution in [0.15, 0.2) is 52.0 Å². The average Bonchev–Trinajstić information content (AvgIpc) is 3.09. The topological polar surface area (TPSA) is 71.4 Å². The van der Waals surface area contributed by atoms with Gasteiger partial charge in [-0.3, -0.25) is 4.79 Å². The van der Waals surface area contributed by atoms with E-state index >= 15 is 0 Å². The van der Waals surface area contributed by atoms with Crippen molar-refractivity contribution < 1.29 is 40.3 Å². The van der Waals surface area contributed by atoms with E-state index in [2.05, 4.69) is 0 Å². The molecule has 0 saturated heterocycles. The van der Waals surface area contributed by atoms with E-state index in [1.807, 2.05) is 0 Å². The second-order valence-electron chi connectivity index (χ2n) is 11.3. The summed E-state index contributed by atoms with van der Waals surface area (Å²) in [4.78, 5) is 12.7. The number of ketones is 1. The monoisotopic (exact) mass is 544 g/mol. The molecule has 0 radical (unpaired) electrons. The highest BCUT2D eigenvalue weighted by Gasteiger charge is 2.78. The van der Waals surface area contributed by atoms with Gasteiger partial charge in [0.15, 0.2) is 15.6 Å². The fourth-order valence-corrected chi connectivity index (χ4v) is 8.26. The first-order valence-corrected chi connectivity index (χ1v) is 14.3. The number of alkyl halides is 5. The summed E-state index contributed by atoms with van der Waals surface area (Å²) < 4.78 is 93.4. The van der Waals surface area contributed by atoms with Gasteiger partial charge in [-0.05, 0) is 85.3 Å². The number of halogens is 5. The number of rotatable bonds is 3. The van der Waals surface area contributed by atoms with Crippen molar-refractivity contribution in [3.63, 3.8) is 0 Å². The number of hydrogen-bond acceptors (Lipinski definition) is 4. The number of aliphatic hydroxyl groups is 1.